The van der Waals surface area contributed by atoms with E-state index in [2.05, 4.69) is 9.82 Å². The highest BCUT2D eigenvalue weighted by Gasteiger charge is 2.19. The molecule has 1 heterocycles. The Morgan fingerprint density at radius 3 is 2.85 bits per heavy atom. The molecule has 0 aromatic carbocycles. The van der Waals surface area contributed by atoms with Gasteiger partial charge in [0, 0.05) is 18.8 Å². The monoisotopic (exact) mass is 305 g/mol. The minimum atomic E-state index is -3.67. The van der Waals surface area contributed by atoms with Gasteiger partial charge in [-0.2, -0.15) is 5.10 Å². The summed E-state index contributed by atoms with van der Waals surface area (Å²) in [6.07, 6.45) is 3.40. The summed E-state index contributed by atoms with van der Waals surface area (Å²) in [5.74, 6) is -0.972. The van der Waals surface area contributed by atoms with E-state index in [1.165, 1.54) is 17.1 Å². The van der Waals surface area contributed by atoms with Crippen LogP contribution >= 0.6 is 0 Å². The first-order chi connectivity index (χ1) is 9.35. The largest absolute Gasteiger partial charge is 0.481 e. The second-order valence-electron chi connectivity index (χ2n) is 4.47. The summed E-state index contributed by atoms with van der Waals surface area (Å²) in [7, 11) is -3.67. The maximum atomic E-state index is 12.0. The minimum Gasteiger partial charge on any atom is -0.481 e. The van der Waals surface area contributed by atoms with E-state index in [0.717, 1.165) is 0 Å². The van der Waals surface area contributed by atoms with E-state index in [9.17, 15) is 13.2 Å². The molecule has 0 aliphatic carbocycles. The van der Waals surface area contributed by atoms with Gasteiger partial charge in [0.25, 0.3) is 0 Å². The number of hydrogen-bond acceptors (Lipinski definition) is 5. The average Bonchev–Trinajstić information content (AvgIpc) is 2.83. The first-order valence-corrected chi connectivity index (χ1v) is 7.71. The molecule has 0 aliphatic rings. The molecule has 0 saturated heterocycles. The smallest absolute Gasteiger partial charge is 0.305 e. The number of aliphatic hydroxyl groups excluding tert-OH is 1. The Balaban J connectivity index is 2.65. The molecule has 9 heteroatoms. The maximum Gasteiger partial charge on any atom is 0.305 e. The first-order valence-electron chi connectivity index (χ1n) is 6.22. The van der Waals surface area contributed by atoms with Crippen molar-refractivity contribution in [2.24, 2.45) is 0 Å². The minimum absolute atomic E-state index is 0.00117. The second kappa shape index (κ2) is 7.36. The second-order valence-corrected chi connectivity index (χ2v) is 6.18. The molecule has 1 unspecified atom stereocenters. The molecule has 0 aliphatic heterocycles. The molecule has 1 atom stereocenters. The normalized spacial score (nSPS) is 13.3. The Bertz CT molecular complexity index is 540. The topological polar surface area (TPSA) is 122 Å². The summed E-state index contributed by atoms with van der Waals surface area (Å²) < 4.78 is 27.8. The number of carbonyl (C=O) groups is 1. The van der Waals surface area contributed by atoms with Gasteiger partial charge in [0.1, 0.15) is 4.90 Å². The fraction of sp³-hybridized carbons (Fsp3) is 0.636. The summed E-state index contributed by atoms with van der Waals surface area (Å²) in [5, 5.41) is 21.1. The van der Waals surface area contributed by atoms with Crippen LogP contribution in [0.2, 0.25) is 0 Å². The van der Waals surface area contributed by atoms with Crippen molar-refractivity contribution in [3.63, 3.8) is 0 Å². The average molecular weight is 305 g/mol. The molecule has 20 heavy (non-hydrogen) atoms. The van der Waals surface area contributed by atoms with Crippen molar-refractivity contribution < 1.29 is 23.4 Å². The summed E-state index contributed by atoms with van der Waals surface area (Å²) in [6, 6.07) is -0.297. The van der Waals surface area contributed by atoms with Gasteiger partial charge in [-0.05, 0) is 19.8 Å². The fourth-order valence-corrected chi connectivity index (χ4v) is 2.84. The van der Waals surface area contributed by atoms with Crippen molar-refractivity contribution in [1.82, 2.24) is 14.5 Å². The molecular weight excluding hydrogens is 286 g/mol. The zero-order valence-electron chi connectivity index (χ0n) is 11.2. The molecular formula is C11H19N3O5S. The Labute approximate surface area is 117 Å². The summed E-state index contributed by atoms with van der Waals surface area (Å²) in [4.78, 5) is 10.4. The molecule has 0 saturated carbocycles. The van der Waals surface area contributed by atoms with Crippen molar-refractivity contribution in [1.29, 1.82) is 0 Å². The van der Waals surface area contributed by atoms with E-state index in [1.807, 2.05) is 0 Å². The molecule has 0 amide bonds. The van der Waals surface area contributed by atoms with Gasteiger partial charge in [-0.25, -0.2) is 13.1 Å². The number of aliphatic hydroxyl groups is 1. The van der Waals surface area contributed by atoms with E-state index >= 15 is 0 Å². The number of sulfonamides is 1. The van der Waals surface area contributed by atoms with E-state index in [4.69, 9.17) is 10.2 Å². The predicted molar refractivity (Wildman–Crippen MR) is 70.6 cm³/mol. The third kappa shape index (κ3) is 5.27. The highest BCUT2D eigenvalue weighted by molar-refractivity contribution is 7.89. The number of carboxylic acid groups (broad SMARTS) is 1. The summed E-state index contributed by atoms with van der Waals surface area (Å²) in [5.41, 5.74) is 0. The lowest BCUT2D eigenvalue weighted by atomic mass is 10.2. The lowest BCUT2D eigenvalue weighted by Gasteiger charge is -2.12. The van der Waals surface area contributed by atoms with Gasteiger partial charge in [-0.3, -0.25) is 9.48 Å². The van der Waals surface area contributed by atoms with Crippen LogP contribution in [-0.4, -0.2) is 47.0 Å². The SMILES string of the molecule is CC(CCCO)NS(=O)(=O)c1cnn(CCC(=O)O)c1. The number of nitrogens with one attached hydrogen (secondary N) is 1. The van der Waals surface area contributed by atoms with Crippen LogP contribution in [0.5, 0.6) is 0 Å². The number of aromatic nitrogens is 2. The van der Waals surface area contributed by atoms with Crippen molar-refractivity contribution in [3.05, 3.63) is 12.4 Å². The van der Waals surface area contributed by atoms with E-state index in [0.29, 0.717) is 12.8 Å². The van der Waals surface area contributed by atoms with Crippen LogP contribution in [0.1, 0.15) is 26.2 Å². The molecule has 1 rings (SSSR count). The van der Waals surface area contributed by atoms with Crippen LogP contribution in [0, 0.1) is 0 Å². The Morgan fingerprint density at radius 2 is 2.25 bits per heavy atom. The molecule has 0 radical (unpaired) electrons. The maximum absolute atomic E-state index is 12.0. The quantitative estimate of drug-likeness (QED) is 0.580. The van der Waals surface area contributed by atoms with Crippen LogP contribution in [0.3, 0.4) is 0 Å². The molecule has 8 nitrogen and oxygen atoms in total. The lowest BCUT2D eigenvalue weighted by Crippen LogP contribution is -2.32. The molecule has 1 aromatic rings. The molecule has 3 N–H and O–H groups in total. The number of nitrogens with zero attached hydrogens (tertiary/aromatic N) is 2. The van der Waals surface area contributed by atoms with Crippen molar-refractivity contribution >= 4 is 16.0 Å². The number of hydrogen-bond donors (Lipinski definition) is 3. The fourth-order valence-electron chi connectivity index (χ4n) is 1.61. The molecule has 114 valence electrons. The predicted octanol–water partition coefficient (Wildman–Crippen LogP) is -0.203. The molecule has 0 fully saturated rings. The number of rotatable bonds is 9. The first kappa shape index (κ1) is 16.6. The van der Waals surface area contributed by atoms with Crippen LogP contribution in [0.25, 0.3) is 0 Å². The van der Waals surface area contributed by atoms with Gasteiger partial charge >= 0.3 is 5.97 Å². The van der Waals surface area contributed by atoms with Crippen molar-refractivity contribution in [2.75, 3.05) is 6.61 Å². The zero-order valence-corrected chi connectivity index (χ0v) is 12.0. The highest BCUT2D eigenvalue weighted by atomic mass is 32.2. The lowest BCUT2D eigenvalue weighted by molar-refractivity contribution is -0.137. The number of aliphatic carboxylic acids is 1. The highest BCUT2D eigenvalue weighted by Crippen LogP contribution is 2.09. The number of carboxylic acids is 1. The third-order valence-corrected chi connectivity index (χ3v) is 4.17. The van der Waals surface area contributed by atoms with Crippen LogP contribution in [-0.2, 0) is 21.4 Å². The van der Waals surface area contributed by atoms with Crippen LogP contribution in [0.15, 0.2) is 17.3 Å². The van der Waals surface area contributed by atoms with E-state index < -0.39 is 16.0 Å². The zero-order chi connectivity index (χ0) is 15.2. The van der Waals surface area contributed by atoms with Crippen LogP contribution in [0.4, 0.5) is 0 Å². The Kier molecular flexibility index (Phi) is 6.11. The standard InChI is InChI=1S/C11H19N3O5S/c1-9(3-2-6-15)13-20(18,19)10-7-12-14(8-10)5-4-11(16)17/h7-9,13,15H,2-6H2,1H3,(H,16,17). The van der Waals surface area contributed by atoms with Gasteiger partial charge in [0.05, 0.1) is 19.2 Å². The third-order valence-electron chi connectivity index (χ3n) is 2.63. The van der Waals surface area contributed by atoms with Gasteiger partial charge in [0.2, 0.25) is 10.0 Å². The van der Waals surface area contributed by atoms with Crippen molar-refractivity contribution in [3.8, 4) is 0 Å². The Hall–Kier alpha value is -1.45. The Morgan fingerprint density at radius 1 is 1.55 bits per heavy atom. The molecule has 1 aromatic heterocycles. The number of aryl methyl sites for hydroxylation is 1. The van der Waals surface area contributed by atoms with Gasteiger partial charge < -0.3 is 10.2 Å². The van der Waals surface area contributed by atoms with Gasteiger partial charge in [-0.15, -0.1) is 0 Å². The van der Waals surface area contributed by atoms with Crippen LogP contribution < -0.4 is 4.72 Å². The van der Waals surface area contributed by atoms with Gasteiger partial charge in [0.15, 0.2) is 0 Å². The summed E-state index contributed by atoms with van der Waals surface area (Å²) >= 11 is 0. The van der Waals surface area contributed by atoms with Crippen molar-refractivity contribution in [2.45, 2.75) is 43.7 Å². The summed E-state index contributed by atoms with van der Waals surface area (Å²) in [6.45, 7) is 1.84. The van der Waals surface area contributed by atoms with Gasteiger partial charge in [-0.1, -0.05) is 0 Å². The van der Waals surface area contributed by atoms with E-state index in [-0.39, 0.29) is 30.5 Å². The molecule has 0 spiro atoms. The molecule has 0 bridgehead atoms. The van der Waals surface area contributed by atoms with E-state index in [1.54, 1.807) is 6.92 Å².